The summed E-state index contributed by atoms with van der Waals surface area (Å²) in [7, 11) is 7.47. The second kappa shape index (κ2) is 12.4. The Morgan fingerprint density at radius 3 is 1.97 bits per heavy atom. The van der Waals surface area contributed by atoms with Crippen LogP contribution in [0.5, 0.6) is 11.5 Å². The zero-order valence-corrected chi connectivity index (χ0v) is 21.2. The third-order valence-electron chi connectivity index (χ3n) is 5.98. The van der Waals surface area contributed by atoms with Crippen LogP contribution in [0.3, 0.4) is 0 Å². The van der Waals surface area contributed by atoms with Crippen molar-refractivity contribution in [2.45, 2.75) is 37.3 Å². The second-order valence-corrected chi connectivity index (χ2v) is 8.79. The molecule has 0 unspecified atom stereocenters. The molecular weight excluding hydrogens is 490 g/mol. The maximum Gasteiger partial charge on any atom is 0.336 e. The highest BCUT2D eigenvalue weighted by Crippen LogP contribution is 2.34. The van der Waals surface area contributed by atoms with Gasteiger partial charge in [0.25, 0.3) is 0 Å². The molecule has 1 aromatic carbocycles. The molecule has 204 valence electrons. The Balaban J connectivity index is 0.000000317. The number of aromatic nitrogens is 2. The SMILES string of the molecule is COc1cc2nc(N3CCC(N(C)C)CC3)nc(N)c2cc1OC.O=C(O)CC(O)(CC(=O)O)C(=O)O. The standard InChI is InChI=1S/C17H25N5O2.C6H8O7/c1-21(2)11-5-7-22(8-6-11)17-19-13-10-15(24-4)14(23-3)9-12(13)16(18)20-17;7-3(8)1-6(13,5(11)12)2-4(9)10/h9-11H,5-8H2,1-4H3,(H2,18,19,20);13H,1-2H2,(H,7,8)(H,9,10)(H,11,12). The van der Waals surface area contributed by atoms with E-state index in [2.05, 4.69) is 28.9 Å². The first-order valence-corrected chi connectivity index (χ1v) is 11.3. The van der Waals surface area contributed by atoms with Gasteiger partial charge in [-0.05, 0) is 33.0 Å². The third-order valence-corrected chi connectivity index (χ3v) is 5.98. The van der Waals surface area contributed by atoms with Crippen LogP contribution in [0, 0.1) is 0 Å². The molecular formula is C23H33N5O9. The van der Waals surface area contributed by atoms with Crippen LogP contribution in [0.25, 0.3) is 10.9 Å². The molecule has 0 atom stereocenters. The van der Waals surface area contributed by atoms with Crippen molar-refractivity contribution in [3.8, 4) is 11.5 Å². The van der Waals surface area contributed by atoms with Gasteiger partial charge in [-0.15, -0.1) is 0 Å². The molecule has 0 spiro atoms. The molecule has 0 amide bonds. The van der Waals surface area contributed by atoms with E-state index in [1.807, 2.05) is 12.1 Å². The molecule has 1 aromatic heterocycles. The quantitative estimate of drug-likeness (QED) is 0.303. The van der Waals surface area contributed by atoms with Gasteiger partial charge >= 0.3 is 17.9 Å². The van der Waals surface area contributed by atoms with Crippen molar-refractivity contribution in [1.29, 1.82) is 0 Å². The van der Waals surface area contributed by atoms with E-state index in [4.69, 9.17) is 40.6 Å². The summed E-state index contributed by atoms with van der Waals surface area (Å²) < 4.78 is 10.7. The number of nitrogens with two attached hydrogens (primary N) is 1. The Kier molecular flexibility index (Phi) is 9.80. The zero-order valence-electron chi connectivity index (χ0n) is 21.2. The van der Waals surface area contributed by atoms with Crippen molar-refractivity contribution >= 4 is 40.6 Å². The van der Waals surface area contributed by atoms with Crippen LogP contribution >= 0.6 is 0 Å². The van der Waals surface area contributed by atoms with Crippen LogP contribution in [0.2, 0.25) is 0 Å². The van der Waals surface area contributed by atoms with Crippen molar-refractivity contribution in [2.24, 2.45) is 0 Å². The molecule has 0 radical (unpaired) electrons. The van der Waals surface area contributed by atoms with Gasteiger partial charge in [0.2, 0.25) is 5.95 Å². The first kappa shape index (κ1) is 29.3. The summed E-state index contributed by atoms with van der Waals surface area (Å²) in [6.45, 7) is 1.86. The van der Waals surface area contributed by atoms with Gasteiger partial charge in [0.15, 0.2) is 17.1 Å². The number of methoxy groups -OCH3 is 2. The van der Waals surface area contributed by atoms with Crippen LogP contribution in [0.15, 0.2) is 12.1 Å². The number of anilines is 2. The van der Waals surface area contributed by atoms with E-state index in [9.17, 15) is 14.4 Å². The molecule has 14 nitrogen and oxygen atoms in total. The minimum Gasteiger partial charge on any atom is -0.493 e. The number of carboxylic acid groups (broad SMARTS) is 3. The molecule has 0 saturated carbocycles. The molecule has 37 heavy (non-hydrogen) atoms. The summed E-state index contributed by atoms with van der Waals surface area (Å²) in [5.74, 6) is -2.61. The van der Waals surface area contributed by atoms with Gasteiger partial charge in [0.05, 0.1) is 32.6 Å². The Morgan fingerprint density at radius 2 is 1.54 bits per heavy atom. The lowest BCUT2D eigenvalue weighted by molar-refractivity contribution is -0.170. The summed E-state index contributed by atoms with van der Waals surface area (Å²) in [4.78, 5) is 44.2. The fourth-order valence-corrected chi connectivity index (χ4v) is 3.90. The number of benzene rings is 1. The number of fused-ring (bicyclic) bond motifs is 1. The van der Waals surface area contributed by atoms with E-state index in [1.54, 1.807) is 14.2 Å². The number of ether oxygens (including phenoxy) is 2. The Morgan fingerprint density at radius 1 is 1.03 bits per heavy atom. The molecule has 1 aliphatic rings. The third kappa shape index (κ3) is 7.54. The number of aliphatic hydroxyl groups is 1. The summed E-state index contributed by atoms with van der Waals surface area (Å²) in [5.41, 5.74) is 4.20. The molecule has 14 heteroatoms. The predicted molar refractivity (Wildman–Crippen MR) is 133 cm³/mol. The lowest BCUT2D eigenvalue weighted by Gasteiger charge is -2.35. The predicted octanol–water partition coefficient (Wildman–Crippen LogP) is 0.511. The highest BCUT2D eigenvalue weighted by Gasteiger charge is 2.40. The number of nitrogen functional groups attached to an aromatic ring is 1. The summed E-state index contributed by atoms with van der Waals surface area (Å²) >= 11 is 0. The van der Waals surface area contributed by atoms with Crippen molar-refractivity contribution in [3.05, 3.63) is 12.1 Å². The van der Waals surface area contributed by atoms with Crippen LogP contribution < -0.4 is 20.1 Å². The molecule has 6 N–H and O–H groups in total. The van der Waals surface area contributed by atoms with E-state index in [0.717, 1.165) is 36.8 Å². The molecule has 1 saturated heterocycles. The van der Waals surface area contributed by atoms with E-state index in [-0.39, 0.29) is 0 Å². The second-order valence-electron chi connectivity index (χ2n) is 8.79. The fraction of sp³-hybridized carbons (Fsp3) is 0.522. The van der Waals surface area contributed by atoms with Crippen LogP contribution in [-0.2, 0) is 14.4 Å². The Bertz CT molecular complexity index is 1120. The number of carboxylic acids is 3. The van der Waals surface area contributed by atoms with Crippen molar-refractivity contribution in [3.63, 3.8) is 0 Å². The zero-order chi connectivity index (χ0) is 27.9. The van der Waals surface area contributed by atoms with Crippen LogP contribution in [-0.4, -0.2) is 106 Å². The average Bonchev–Trinajstić information content (AvgIpc) is 2.82. The maximum atomic E-state index is 10.3. The van der Waals surface area contributed by atoms with Crippen LogP contribution in [0.1, 0.15) is 25.7 Å². The number of carbonyl (C=O) groups is 3. The van der Waals surface area contributed by atoms with Gasteiger partial charge in [0, 0.05) is 30.6 Å². The molecule has 3 rings (SSSR count). The highest BCUT2D eigenvalue weighted by atomic mass is 16.5. The van der Waals surface area contributed by atoms with Crippen LogP contribution in [0.4, 0.5) is 11.8 Å². The summed E-state index contributed by atoms with van der Waals surface area (Å²) in [6.07, 6.45) is -0.0935. The van der Waals surface area contributed by atoms with Gasteiger partial charge < -0.3 is 45.4 Å². The molecule has 2 heterocycles. The molecule has 1 fully saturated rings. The molecule has 0 aliphatic carbocycles. The molecule has 2 aromatic rings. The average molecular weight is 524 g/mol. The Hall–Kier alpha value is -3.91. The first-order valence-electron chi connectivity index (χ1n) is 11.3. The Labute approximate surface area is 213 Å². The monoisotopic (exact) mass is 523 g/mol. The lowest BCUT2D eigenvalue weighted by Crippen LogP contribution is -2.42. The number of hydrogen-bond acceptors (Lipinski definition) is 11. The summed E-state index contributed by atoms with van der Waals surface area (Å²) in [6, 6.07) is 4.29. The minimum atomic E-state index is -2.74. The molecule has 1 aliphatic heterocycles. The number of rotatable bonds is 9. The van der Waals surface area contributed by atoms with Gasteiger partial charge in [-0.25, -0.2) is 9.78 Å². The fourth-order valence-electron chi connectivity index (χ4n) is 3.90. The van der Waals surface area contributed by atoms with Crippen molar-refractivity contribution in [2.75, 3.05) is 52.0 Å². The van der Waals surface area contributed by atoms with E-state index in [0.29, 0.717) is 29.3 Å². The van der Waals surface area contributed by atoms with Crippen molar-refractivity contribution < 1.29 is 44.3 Å². The smallest absolute Gasteiger partial charge is 0.336 e. The lowest BCUT2D eigenvalue weighted by atomic mass is 9.96. The van der Waals surface area contributed by atoms with Crippen molar-refractivity contribution in [1.82, 2.24) is 14.9 Å². The number of nitrogens with zero attached hydrogens (tertiary/aromatic N) is 4. The van der Waals surface area contributed by atoms with Gasteiger partial charge in [-0.1, -0.05) is 0 Å². The largest absolute Gasteiger partial charge is 0.493 e. The van der Waals surface area contributed by atoms with Gasteiger partial charge in [-0.3, -0.25) is 9.59 Å². The molecule has 0 bridgehead atoms. The maximum absolute atomic E-state index is 10.3. The first-order chi connectivity index (χ1) is 17.3. The topological polar surface area (TPSA) is 209 Å². The normalized spacial score (nSPS) is 14.2. The number of piperidine rings is 1. The van der Waals surface area contributed by atoms with E-state index in [1.165, 1.54) is 0 Å². The van der Waals surface area contributed by atoms with Gasteiger partial charge in [-0.2, -0.15) is 4.98 Å². The minimum absolute atomic E-state index is 0.464. The van der Waals surface area contributed by atoms with E-state index < -0.39 is 36.4 Å². The number of hydrogen-bond donors (Lipinski definition) is 5. The van der Waals surface area contributed by atoms with E-state index >= 15 is 0 Å². The summed E-state index contributed by atoms with van der Waals surface area (Å²) in [5, 5.41) is 34.6. The van der Waals surface area contributed by atoms with Gasteiger partial charge in [0.1, 0.15) is 5.82 Å². The number of aliphatic carboxylic acids is 3. The highest BCUT2D eigenvalue weighted by molar-refractivity contribution is 5.92.